The number of aryl methyl sites for hydroxylation is 1. The number of aromatic nitrogens is 2. The van der Waals surface area contributed by atoms with Crippen LogP contribution in [0, 0.1) is 11.6 Å². The van der Waals surface area contributed by atoms with E-state index in [4.69, 9.17) is 11.6 Å². The number of hydrogen-bond donors (Lipinski definition) is 0. The van der Waals surface area contributed by atoms with Crippen molar-refractivity contribution in [3.05, 3.63) is 40.6 Å². The van der Waals surface area contributed by atoms with Crippen molar-refractivity contribution in [1.29, 1.82) is 0 Å². The zero-order valence-corrected chi connectivity index (χ0v) is 9.50. The summed E-state index contributed by atoms with van der Waals surface area (Å²) in [6, 6.07) is 3.42. The van der Waals surface area contributed by atoms with Crippen LogP contribution in [0.5, 0.6) is 0 Å². The minimum atomic E-state index is -0.789. The van der Waals surface area contributed by atoms with E-state index in [0.717, 1.165) is 12.1 Å². The molecule has 0 saturated heterocycles. The summed E-state index contributed by atoms with van der Waals surface area (Å²) in [6.07, 6.45) is 0.427. The van der Waals surface area contributed by atoms with Crippen LogP contribution >= 0.6 is 11.6 Å². The molecule has 0 bridgehead atoms. The fourth-order valence-electron chi connectivity index (χ4n) is 1.53. The van der Waals surface area contributed by atoms with Crippen LogP contribution in [0.3, 0.4) is 0 Å². The fourth-order valence-corrected chi connectivity index (χ4v) is 1.70. The van der Waals surface area contributed by atoms with E-state index >= 15 is 0 Å². The van der Waals surface area contributed by atoms with Gasteiger partial charge in [0.05, 0.1) is 11.1 Å². The van der Waals surface area contributed by atoms with Crippen LogP contribution in [0.15, 0.2) is 18.2 Å². The van der Waals surface area contributed by atoms with Crippen LogP contribution in [0.25, 0.3) is 11.3 Å². The molecule has 0 fully saturated rings. The predicted molar refractivity (Wildman–Crippen MR) is 59.0 cm³/mol. The molecule has 1 heterocycles. The zero-order valence-electron chi connectivity index (χ0n) is 8.75. The smallest absolute Gasteiger partial charge is 0.155 e. The monoisotopic (exact) mass is 256 g/mol. The third-order valence-electron chi connectivity index (χ3n) is 2.33. The maximum Gasteiger partial charge on any atom is 0.155 e. The van der Waals surface area contributed by atoms with Crippen LogP contribution in [0.1, 0.15) is 10.4 Å². The van der Waals surface area contributed by atoms with Gasteiger partial charge >= 0.3 is 0 Å². The van der Waals surface area contributed by atoms with Crippen molar-refractivity contribution in [2.45, 2.75) is 0 Å². The number of nitrogens with zero attached hydrogens (tertiary/aromatic N) is 2. The summed E-state index contributed by atoms with van der Waals surface area (Å²) in [5.74, 6) is -1.58. The highest BCUT2D eigenvalue weighted by Gasteiger charge is 2.21. The van der Waals surface area contributed by atoms with Gasteiger partial charge in [-0.3, -0.25) is 9.48 Å². The van der Waals surface area contributed by atoms with Crippen molar-refractivity contribution in [2.75, 3.05) is 0 Å². The minimum Gasteiger partial charge on any atom is -0.298 e. The quantitative estimate of drug-likeness (QED) is 0.775. The Balaban J connectivity index is 2.77. The summed E-state index contributed by atoms with van der Waals surface area (Å²) in [5, 5.41) is 3.89. The topological polar surface area (TPSA) is 34.9 Å². The first-order valence-electron chi connectivity index (χ1n) is 4.68. The van der Waals surface area contributed by atoms with Crippen molar-refractivity contribution in [3.63, 3.8) is 0 Å². The molecular formula is C11H7ClF2N2O. The molecule has 0 spiro atoms. The number of hydrogen-bond acceptors (Lipinski definition) is 2. The number of carbonyl (C=O) groups is 1. The number of aldehydes is 1. The highest BCUT2D eigenvalue weighted by Crippen LogP contribution is 2.30. The van der Waals surface area contributed by atoms with E-state index in [2.05, 4.69) is 5.10 Å². The van der Waals surface area contributed by atoms with E-state index in [1.807, 2.05) is 0 Å². The highest BCUT2D eigenvalue weighted by atomic mass is 35.5. The van der Waals surface area contributed by atoms with Gasteiger partial charge in [-0.05, 0) is 12.1 Å². The summed E-state index contributed by atoms with van der Waals surface area (Å²) >= 11 is 5.79. The van der Waals surface area contributed by atoms with E-state index < -0.39 is 11.6 Å². The van der Waals surface area contributed by atoms with E-state index in [1.165, 1.54) is 17.8 Å². The Morgan fingerprint density at radius 2 is 1.94 bits per heavy atom. The molecular weight excluding hydrogens is 250 g/mol. The summed E-state index contributed by atoms with van der Waals surface area (Å²) in [6.45, 7) is 0. The molecule has 17 heavy (non-hydrogen) atoms. The molecule has 0 atom stereocenters. The molecule has 0 saturated carbocycles. The lowest BCUT2D eigenvalue weighted by Crippen LogP contribution is -1.94. The van der Waals surface area contributed by atoms with Gasteiger partial charge in [0, 0.05) is 7.05 Å². The zero-order chi connectivity index (χ0) is 12.6. The Morgan fingerprint density at radius 3 is 2.47 bits per heavy atom. The van der Waals surface area contributed by atoms with Gasteiger partial charge in [0.15, 0.2) is 6.29 Å². The van der Waals surface area contributed by atoms with E-state index in [9.17, 15) is 13.6 Å². The van der Waals surface area contributed by atoms with Crippen molar-refractivity contribution in [2.24, 2.45) is 7.05 Å². The van der Waals surface area contributed by atoms with Gasteiger partial charge < -0.3 is 0 Å². The van der Waals surface area contributed by atoms with Crippen molar-refractivity contribution < 1.29 is 13.6 Å². The molecule has 1 aromatic heterocycles. The van der Waals surface area contributed by atoms with Crippen LogP contribution in [0.4, 0.5) is 8.78 Å². The molecule has 0 amide bonds. The Hall–Kier alpha value is -1.75. The molecule has 0 aliphatic heterocycles. The SMILES string of the molecule is Cn1nc(-c2c(F)cccc2F)c(C=O)c1Cl. The van der Waals surface area contributed by atoms with Gasteiger partial charge in [0.25, 0.3) is 0 Å². The summed E-state index contributed by atoms with van der Waals surface area (Å²) in [4.78, 5) is 10.9. The summed E-state index contributed by atoms with van der Waals surface area (Å²) < 4.78 is 28.3. The van der Waals surface area contributed by atoms with Gasteiger partial charge in [-0.25, -0.2) is 8.78 Å². The first-order chi connectivity index (χ1) is 8.06. The molecule has 0 unspecified atom stereocenters. The van der Waals surface area contributed by atoms with Gasteiger partial charge in [0.2, 0.25) is 0 Å². The standard InChI is InChI=1S/C11H7ClF2N2O/c1-16-11(12)6(5-17)10(15-16)9-7(13)3-2-4-8(9)14/h2-5H,1H3. The maximum absolute atomic E-state index is 13.5. The van der Waals surface area contributed by atoms with E-state index in [-0.39, 0.29) is 22.0 Å². The Bertz CT molecular complexity index is 575. The van der Waals surface area contributed by atoms with Crippen LogP contribution < -0.4 is 0 Å². The van der Waals surface area contributed by atoms with E-state index in [0.29, 0.717) is 6.29 Å². The first kappa shape index (κ1) is 11.7. The second-order valence-corrected chi connectivity index (χ2v) is 3.75. The average Bonchev–Trinajstić information content (AvgIpc) is 2.55. The molecule has 3 nitrogen and oxygen atoms in total. The van der Waals surface area contributed by atoms with E-state index in [1.54, 1.807) is 0 Å². The third-order valence-corrected chi connectivity index (χ3v) is 2.78. The number of rotatable bonds is 2. The number of carbonyl (C=O) groups excluding carboxylic acids is 1. The van der Waals surface area contributed by atoms with Gasteiger partial charge in [-0.15, -0.1) is 0 Å². The molecule has 2 rings (SSSR count). The van der Waals surface area contributed by atoms with Crippen LogP contribution in [-0.2, 0) is 7.05 Å². The maximum atomic E-state index is 13.5. The Morgan fingerprint density at radius 1 is 1.35 bits per heavy atom. The molecule has 6 heteroatoms. The Kier molecular flexibility index (Phi) is 2.93. The average molecular weight is 257 g/mol. The number of benzene rings is 1. The summed E-state index contributed by atoms with van der Waals surface area (Å²) in [5.41, 5.74) is -0.474. The van der Waals surface area contributed by atoms with Gasteiger partial charge in [-0.1, -0.05) is 17.7 Å². The fraction of sp³-hybridized carbons (Fsp3) is 0.0909. The predicted octanol–water partition coefficient (Wildman–Crippen LogP) is 2.83. The largest absolute Gasteiger partial charge is 0.298 e. The van der Waals surface area contributed by atoms with Gasteiger partial charge in [-0.2, -0.15) is 5.10 Å². The second-order valence-electron chi connectivity index (χ2n) is 3.39. The molecule has 0 radical (unpaired) electrons. The normalized spacial score (nSPS) is 10.6. The van der Waals surface area contributed by atoms with Crippen LogP contribution in [-0.4, -0.2) is 16.1 Å². The molecule has 0 N–H and O–H groups in total. The lowest BCUT2D eigenvalue weighted by molar-refractivity contribution is 0.112. The lowest BCUT2D eigenvalue weighted by Gasteiger charge is -2.01. The second kappa shape index (κ2) is 4.25. The first-order valence-corrected chi connectivity index (χ1v) is 5.06. The van der Waals surface area contributed by atoms with Crippen molar-refractivity contribution >= 4 is 17.9 Å². The molecule has 0 aliphatic rings. The van der Waals surface area contributed by atoms with Crippen LogP contribution in [0.2, 0.25) is 5.15 Å². The number of halogens is 3. The minimum absolute atomic E-state index is 0.0295. The van der Waals surface area contributed by atoms with Crippen molar-refractivity contribution in [3.8, 4) is 11.3 Å². The highest BCUT2D eigenvalue weighted by molar-refractivity contribution is 6.32. The third kappa shape index (κ3) is 1.82. The molecule has 88 valence electrons. The Labute approximate surface area is 101 Å². The lowest BCUT2D eigenvalue weighted by atomic mass is 10.1. The summed E-state index contributed by atoms with van der Waals surface area (Å²) in [7, 11) is 1.48. The molecule has 1 aromatic carbocycles. The van der Waals surface area contributed by atoms with Gasteiger partial charge in [0.1, 0.15) is 22.5 Å². The van der Waals surface area contributed by atoms with Crippen molar-refractivity contribution in [1.82, 2.24) is 9.78 Å². The molecule has 0 aliphatic carbocycles. The molecule has 2 aromatic rings.